The molecule has 2 aromatic rings. The number of rotatable bonds is 5. The van der Waals surface area contributed by atoms with Crippen molar-refractivity contribution < 1.29 is 35.9 Å². The third kappa shape index (κ3) is 6.03. The van der Waals surface area contributed by atoms with Crippen molar-refractivity contribution in [3.8, 4) is 17.0 Å². The van der Waals surface area contributed by atoms with E-state index >= 15 is 0 Å². The van der Waals surface area contributed by atoms with Gasteiger partial charge in [0.05, 0.1) is 17.9 Å². The fourth-order valence-corrected chi connectivity index (χ4v) is 3.04. The van der Waals surface area contributed by atoms with E-state index in [2.05, 4.69) is 30.3 Å². The van der Waals surface area contributed by atoms with Crippen LogP contribution in [0, 0.1) is 0 Å². The maximum absolute atomic E-state index is 12.7. The number of carbonyl (C=O) groups is 1. The van der Waals surface area contributed by atoms with E-state index in [0.717, 1.165) is 31.1 Å². The van der Waals surface area contributed by atoms with Crippen LogP contribution in [0.3, 0.4) is 0 Å². The van der Waals surface area contributed by atoms with E-state index in [1.807, 2.05) is 6.92 Å². The number of alkyl halides is 6. The van der Waals surface area contributed by atoms with Crippen LogP contribution in [-0.4, -0.2) is 39.3 Å². The lowest BCUT2D eigenvalue weighted by atomic mass is 10.1. The van der Waals surface area contributed by atoms with Gasteiger partial charge in [0.1, 0.15) is 0 Å². The van der Waals surface area contributed by atoms with Gasteiger partial charge in [-0.25, -0.2) is 9.97 Å². The van der Waals surface area contributed by atoms with Crippen molar-refractivity contribution >= 4 is 5.91 Å². The highest BCUT2D eigenvalue weighted by atomic mass is 19.4. The van der Waals surface area contributed by atoms with Gasteiger partial charge in [0.2, 0.25) is 11.7 Å². The minimum atomic E-state index is -5.00. The summed E-state index contributed by atoms with van der Waals surface area (Å²) in [5, 5.41) is 5.59. The van der Waals surface area contributed by atoms with E-state index < -0.39 is 36.1 Å². The summed E-state index contributed by atoms with van der Waals surface area (Å²) in [7, 11) is 0. The standard InChI is InChI=1S/C18H17F6N5O2/c1-9-2-3-12(29-9)15(30)26-5-10-4-13(25-8-14(10)31-18(22,23)24)11-6-27-16(28-7-11)17(19,20)21/h4,6-9,12,29H,2-3,5H2,1H3,(H,26,30). The number of ether oxygens (including phenoxy) is 1. The number of nitrogens with one attached hydrogen (secondary N) is 2. The van der Waals surface area contributed by atoms with Crippen LogP contribution in [-0.2, 0) is 17.5 Å². The van der Waals surface area contributed by atoms with Crippen LogP contribution in [0.1, 0.15) is 31.2 Å². The fraction of sp³-hybridized carbons (Fsp3) is 0.444. The Morgan fingerprint density at radius 2 is 1.81 bits per heavy atom. The molecule has 0 aliphatic carbocycles. The highest BCUT2D eigenvalue weighted by Gasteiger charge is 2.35. The number of hydrogen-bond donors (Lipinski definition) is 2. The zero-order chi connectivity index (χ0) is 22.8. The molecule has 0 bridgehead atoms. The second-order valence-corrected chi connectivity index (χ2v) is 6.93. The first-order valence-electron chi connectivity index (χ1n) is 9.10. The molecule has 0 spiro atoms. The lowest BCUT2D eigenvalue weighted by molar-refractivity contribution is -0.275. The van der Waals surface area contributed by atoms with Crippen molar-refractivity contribution in [2.24, 2.45) is 0 Å². The molecular weight excluding hydrogens is 432 g/mol. The molecular formula is C18H17F6N5O2. The molecule has 1 fully saturated rings. The average Bonchev–Trinajstić information content (AvgIpc) is 3.12. The molecule has 3 heterocycles. The Labute approximate surface area is 172 Å². The van der Waals surface area contributed by atoms with Gasteiger partial charge in [-0.1, -0.05) is 0 Å². The first-order valence-corrected chi connectivity index (χ1v) is 9.10. The van der Waals surface area contributed by atoms with Gasteiger partial charge in [-0.2, -0.15) is 13.2 Å². The Bertz CT molecular complexity index is 933. The Hall–Kier alpha value is -2.96. The van der Waals surface area contributed by atoms with Gasteiger partial charge < -0.3 is 15.4 Å². The summed E-state index contributed by atoms with van der Waals surface area (Å²) in [4.78, 5) is 22.5. The number of amides is 1. The van der Waals surface area contributed by atoms with Crippen molar-refractivity contribution in [3.05, 3.63) is 36.0 Å². The summed E-state index contributed by atoms with van der Waals surface area (Å²) < 4.78 is 79.9. The van der Waals surface area contributed by atoms with Crippen molar-refractivity contribution in [1.82, 2.24) is 25.6 Å². The zero-order valence-corrected chi connectivity index (χ0v) is 16.0. The van der Waals surface area contributed by atoms with Crippen LogP contribution in [0.15, 0.2) is 24.7 Å². The minimum absolute atomic E-state index is 0.0140. The first kappa shape index (κ1) is 22.7. The molecule has 7 nitrogen and oxygen atoms in total. The Morgan fingerprint density at radius 3 is 2.35 bits per heavy atom. The molecule has 1 aliphatic heterocycles. The Balaban J connectivity index is 1.83. The normalized spacial score (nSPS) is 19.3. The van der Waals surface area contributed by atoms with Gasteiger partial charge in [-0.3, -0.25) is 9.78 Å². The van der Waals surface area contributed by atoms with Crippen molar-refractivity contribution in [2.75, 3.05) is 0 Å². The summed E-state index contributed by atoms with van der Waals surface area (Å²) in [6.45, 7) is 1.59. The predicted octanol–water partition coefficient (Wildman–Crippen LogP) is 3.21. The molecule has 2 N–H and O–H groups in total. The molecule has 1 amide bonds. The summed E-state index contributed by atoms with van der Waals surface area (Å²) in [6, 6.07) is 0.844. The third-order valence-corrected chi connectivity index (χ3v) is 4.52. The molecule has 2 aromatic heterocycles. The van der Waals surface area contributed by atoms with Crippen molar-refractivity contribution in [2.45, 2.75) is 50.9 Å². The van der Waals surface area contributed by atoms with Crippen LogP contribution in [0.4, 0.5) is 26.3 Å². The van der Waals surface area contributed by atoms with Crippen molar-refractivity contribution in [3.63, 3.8) is 0 Å². The number of hydrogen-bond acceptors (Lipinski definition) is 6. The number of pyridine rings is 1. The summed E-state index contributed by atoms with van der Waals surface area (Å²) in [5.74, 6) is -2.39. The van der Waals surface area contributed by atoms with E-state index in [9.17, 15) is 31.1 Å². The maximum Gasteiger partial charge on any atom is 0.573 e. The Kier molecular flexibility index (Phi) is 6.34. The summed E-state index contributed by atoms with van der Waals surface area (Å²) in [5.41, 5.74) is -0.00727. The molecule has 2 unspecified atom stereocenters. The van der Waals surface area contributed by atoms with Crippen molar-refractivity contribution in [1.29, 1.82) is 0 Å². The lowest BCUT2D eigenvalue weighted by Gasteiger charge is -2.16. The van der Waals surface area contributed by atoms with Gasteiger partial charge >= 0.3 is 12.5 Å². The lowest BCUT2D eigenvalue weighted by Crippen LogP contribution is -2.41. The van der Waals surface area contributed by atoms with Gasteiger partial charge in [-0.05, 0) is 25.8 Å². The quantitative estimate of drug-likeness (QED) is 0.682. The average molecular weight is 449 g/mol. The maximum atomic E-state index is 12.7. The van der Waals surface area contributed by atoms with Crippen LogP contribution < -0.4 is 15.4 Å². The topological polar surface area (TPSA) is 89.0 Å². The number of aromatic nitrogens is 3. The summed E-state index contributed by atoms with van der Waals surface area (Å²) in [6.07, 6.45) is -5.88. The minimum Gasteiger partial charge on any atom is -0.404 e. The second-order valence-electron chi connectivity index (χ2n) is 6.93. The summed E-state index contributed by atoms with van der Waals surface area (Å²) >= 11 is 0. The van der Waals surface area contributed by atoms with E-state index in [1.165, 1.54) is 0 Å². The highest BCUT2D eigenvalue weighted by molar-refractivity contribution is 5.82. The third-order valence-electron chi connectivity index (χ3n) is 4.52. The van der Waals surface area contributed by atoms with E-state index in [4.69, 9.17) is 0 Å². The smallest absolute Gasteiger partial charge is 0.404 e. The monoisotopic (exact) mass is 449 g/mol. The highest BCUT2D eigenvalue weighted by Crippen LogP contribution is 2.30. The second kappa shape index (κ2) is 8.65. The molecule has 3 rings (SSSR count). The molecule has 2 atom stereocenters. The molecule has 31 heavy (non-hydrogen) atoms. The van der Waals surface area contributed by atoms with Crippen LogP contribution in [0.5, 0.6) is 5.75 Å². The largest absolute Gasteiger partial charge is 0.573 e. The zero-order valence-electron chi connectivity index (χ0n) is 16.0. The van der Waals surface area contributed by atoms with E-state index in [0.29, 0.717) is 6.42 Å². The fourth-order valence-electron chi connectivity index (χ4n) is 3.04. The molecule has 1 saturated heterocycles. The Morgan fingerprint density at radius 1 is 1.13 bits per heavy atom. The molecule has 0 saturated carbocycles. The molecule has 13 heteroatoms. The van der Waals surface area contributed by atoms with E-state index in [-0.39, 0.29) is 29.4 Å². The number of nitrogens with zero attached hydrogens (tertiary/aromatic N) is 3. The number of halogens is 6. The van der Waals surface area contributed by atoms with Gasteiger partial charge in [0.25, 0.3) is 0 Å². The molecule has 1 aliphatic rings. The SMILES string of the molecule is CC1CCC(C(=O)NCc2cc(-c3cnc(C(F)(F)F)nc3)ncc2OC(F)(F)F)N1. The van der Waals surface area contributed by atoms with Gasteiger partial charge in [0, 0.05) is 36.1 Å². The van der Waals surface area contributed by atoms with Crippen LogP contribution >= 0.6 is 0 Å². The molecule has 0 aromatic carbocycles. The van der Waals surface area contributed by atoms with E-state index in [1.54, 1.807) is 0 Å². The van der Waals surface area contributed by atoms with Crippen LogP contribution in [0.2, 0.25) is 0 Å². The van der Waals surface area contributed by atoms with Crippen LogP contribution in [0.25, 0.3) is 11.3 Å². The predicted molar refractivity (Wildman–Crippen MR) is 94.4 cm³/mol. The van der Waals surface area contributed by atoms with Gasteiger partial charge in [-0.15, -0.1) is 13.2 Å². The molecule has 0 radical (unpaired) electrons. The van der Waals surface area contributed by atoms with Gasteiger partial charge in [0.15, 0.2) is 5.75 Å². The molecule has 168 valence electrons. The number of carbonyl (C=O) groups excluding carboxylic acids is 1. The first-order chi connectivity index (χ1) is 14.4.